The predicted molar refractivity (Wildman–Crippen MR) is 109 cm³/mol. The molecule has 1 aromatic heterocycles. The van der Waals surface area contributed by atoms with E-state index in [0.717, 1.165) is 29.8 Å². The van der Waals surface area contributed by atoms with Gasteiger partial charge in [-0.3, -0.25) is 4.79 Å². The smallest absolute Gasteiger partial charge is 0.277 e. The highest BCUT2D eigenvalue weighted by Gasteiger charge is 2.16. The van der Waals surface area contributed by atoms with E-state index in [2.05, 4.69) is 17.1 Å². The van der Waals surface area contributed by atoms with Gasteiger partial charge in [-0.15, -0.1) is 10.2 Å². The molecule has 0 N–H and O–H groups in total. The minimum atomic E-state index is 0.0555. The summed E-state index contributed by atoms with van der Waals surface area (Å²) in [7, 11) is 1.62. The zero-order valence-electron chi connectivity index (χ0n) is 16.0. The fraction of sp³-hybridized carbons (Fsp3) is 0.286. The lowest BCUT2D eigenvalue weighted by atomic mass is 10.2. The van der Waals surface area contributed by atoms with Gasteiger partial charge in [0.25, 0.3) is 5.22 Å². The molecule has 1 heterocycles. The number of carbonyl (C=O) groups is 1. The number of carbonyl (C=O) groups excluding carboxylic acids is 1. The Hall–Kier alpha value is -2.80. The Morgan fingerprint density at radius 3 is 2.54 bits per heavy atom. The minimum Gasteiger partial charge on any atom is -0.497 e. The van der Waals surface area contributed by atoms with Crippen molar-refractivity contribution in [1.29, 1.82) is 0 Å². The van der Waals surface area contributed by atoms with E-state index >= 15 is 0 Å². The molecule has 0 saturated carbocycles. The molecule has 146 valence electrons. The highest BCUT2D eigenvalue weighted by molar-refractivity contribution is 7.99. The number of benzene rings is 2. The summed E-state index contributed by atoms with van der Waals surface area (Å²) in [6, 6.07) is 17.4. The van der Waals surface area contributed by atoms with E-state index in [9.17, 15) is 4.79 Å². The summed E-state index contributed by atoms with van der Waals surface area (Å²) in [4.78, 5) is 14.5. The van der Waals surface area contributed by atoms with Crippen molar-refractivity contribution in [2.75, 3.05) is 19.4 Å². The van der Waals surface area contributed by atoms with Crippen LogP contribution in [0.1, 0.15) is 18.9 Å². The van der Waals surface area contributed by atoms with E-state index in [1.165, 1.54) is 11.8 Å². The number of hydrogen-bond donors (Lipinski definition) is 0. The van der Waals surface area contributed by atoms with Gasteiger partial charge >= 0.3 is 0 Å². The Morgan fingerprint density at radius 2 is 1.86 bits per heavy atom. The highest BCUT2D eigenvalue weighted by atomic mass is 32.2. The van der Waals surface area contributed by atoms with Crippen LogP contribution in [0.4, 0.5) is 0 Å². The second kappa shape index (κ2) is 9.94. The van der Waals surface area contributed by atoms with Gasteiger partial charge in [-0.1, -0.05) is 49.0 Å². The van der Waals surface area contributed by atoms with Gasteiger partial charge in [-0.25, -0.2) is 0 Å². The van der Waals surface area contributed by atoms with Crippen LogP contribution in [0, 0.1) is 0 Å². The van der Waals surface area contributed by atoms with Crippen LogP contribution < -0.4 is 4.74 Å². The Kier molecular flexibility index (Phi) is 7.08. The molecule has 0 radical (unpaired) electrons. The maximum atomic E-state index is 12.7. The van der Waals surface area contributed by atoms with Crippen molar-refractivity contribution in [3.63, 3.8) is 0 Å². The number of amides is 1. The number of ether oxygens (including phenoxy) is 1. The molecule has 0 spiro atoms. The molecular weight excluding hydrogens is 374 g/mol. The van der Waals surface area contributed by atoms with Crippen molar-refractivity contribution in [2.24, 2.45) is 0 Å². The van der Waals surface area contributed by atoms with Crippen molar-refractivity contribution in [3.8, 4) is 17.2 Å². The molecule has 0 bridgehead atoms. The first-order valence-corrected chi connectivity index (χ1v) is 10.1. The van der Waals surface area contributed by atoms with Crippen molar-refractivity contribution < 1.29 is 13.9 Å². The summed E-state index contributed by atoms with van der Waals surface area (Å²) in [6.07, 6.45) is 0.908. The van der Waals surface area contributed by atoms with Crippen LogP contribution in [-0.2, 0) is 11.3 Å². The van der Waals surface area contributed by atoms with Crippen LogP contribution in [0.25, 0.3) is 11.5 Å². The van der Waals surface area contributed by atoms with Gasteiger partial charge in [0.2, 0.25) is 11.8 Å². The third kappa shape index (κ3) is 5.36. The van der Waals surface area contributed by atoms with E-state index in [1.54, 1.807) is 7.11 Å². The Bertz CT molecular complexity index is 881. The minimum absolute atomic E-state index is 0.0555. The van der Waals surface area contributed by atoms with Gasteiger partial charge in [0.05, 0.1) is 12.9 Å². The lowest BCUT2D eigenvalue weighted by molar-refractivity contribution is -0.129. The van der Waals surface area contributed by atoms with Crippen LogP contribution in [0.15, 0.2) is 64.2 Å². The van der Waals surface area contributed by atoms with Gasteiger partial charge in [-0.2, -0.15) is 0 Å². The molecule has 0 aliphatic carbocycles. The number of thioether (sulfide) groups is 1. The molecule has 0 atom stereocenters. The van der Waals surface area contributed by atoms with Crippen molar-refractivity contribution in [1.82, 2.24) is 15.1 Å². The first-order valence-electron chi connectivity index (χ1n) is 9.12. The van der Waals surface area contributed by atoms with Gasteiger partial charge in [0.15, 0.2) is 0 Å². The van der Waals surface area contributed by atoms with E-state index in [0.29, 0.717) is 17.7 Å². The molecule has 0 aliphatic rings. The van der Waals surface area contributed by atoms with Gasteiger partial charge in [-0.05, 0) is 36.2 Å². The number of hydrogen-bond acceptors (Lipinski definition) is 6. The van der Waals surface area contributed by atoms with Crippen molar-refractivity contribution >= 4 is 17.7 Å². The van der Waals surface area contributed by atoms with E-state index < -0.39 is 0 Å². The number of rotatable bonds is 9. The predicted octanol–water partition coefficient (Wildman–Crippen LogP) is 4.28. The van der Waals surface area contributed by atoms with Crippen molar-refractivity contribution in [2.45, 2.75) is 25.1 Å². The summed E-state index contributed by atoms with van der Waals surface area (Å²) in [5.74, 6) is 1.50. The molecular formula is C21H23N3O3S. The standard InChI is InChI=1S/C21H23N3O3S/c1-3-13-24(14-16-7-5-4-6-8-16)19(25)15-28-21-23-22-20(27-21)17-9-11-18(26-2)12-10-17/h4-12H,3,13-15H2,1-2H3. The van der Waals surface area contributed by atoms with Crippen LogP contribution in [0.3, 0.4) is 0 Å². The first-order chi connectivity index (χ1) is 13.7. The molecule has 2 aromatic carbocycles. The van der Waals surface area contributed by atoms with E-state index in [-0.39, 0.29) is 11.7 Å². The Labute approximate surface area is 168 Å². The molecule has 0 aliphatic heterocycles. The lowest BCUT2D eigenvalue weighted by Gasteiger charge is -2.21. The number of aromatic nitrogens is 2. The highest BCUT2D eigenvalue weighted by Crippen LogP contribution is 2.25. The molecule has 6 nitrogen and oxygen atoms in total. The van der Waals surface area contributed by atoms with Crippen LogP contribution in [0.2, 0.25) is 0 Å². The second-order valence-corrected chi connectivity index (χ2v) is 7.12. The third-order valence-electron chi connectivity index (χ3n) is 4.13. The molecule has 1 amide bonds. The maximum Gasteiger partial charge on any atom is 0.277 e. The van der Waals surface area contributed by atoms with Gasteiger partial charge in [0, 0.05) is 18.7 Å². The molecule has 0 fully saturated rings. The monoisotopic (exact) mass is 397 g/mol. The van der Waals surface area contributed by atoms with Crippen LogP contribution in [-0.4, -0.2) is 40.4 Å². The second-order valence-electron chi connectivity index (χ2n) is 6.19. The van der Waals surface area contributed by atoms with Crippen LogP contribution >= 0.6 is 11.8 Å². The average Bonchev–Trinajstić information content (AvgIpc) is 3.21. The zero-order chi connectivity index (χ0) is 19.8. The topological polar surface area (TPSA) is 68.5 Å². The molecule has 28 heavy (non-hydrogen) atoms. The third-order valence-corrected chi connectivity index (χ3v) is 4.93. The molecule has 3 aromatic rings. The summed E-state index contributed by atoms with van der Waals surface area (Å²) in [5, 5.41) is 8.49. The molecule has 0 saturated heterocycles. The maximum absolute atomic E-state index is 12.7. The fourth-order valence-electron chi connectivity index (χ4n) is 2.70. The summed E-state index contributed by atoms with van der Waals surface area (Å²) in [5.41, 5.74) is 1.93. The van der Waals surface area contributed by atoms with Crippen LogP contribution in [0.5, 0.6) is 5.75 Å². The number of methoxy groups -OCH3 is 1. The molecule has 3 rings (SSSR count). The lowest BCUT2D eigenvalue weighted by Crippen LogP contribution is -2.32. The average molecular weight is 398 g/mol. The first kappa shape index (κ1) is 19.9. The Morgan fingerprint density at radius 1 is 1.11 bits per heavy atom. The van der Waals surface area contributed by atoms with Gasteiger partial charge in [0.1, 0.15) is 5.75 Å². The molecule has 7 heteroatoms. The summed E-state index contributed by atoms with van der Waals surface area (Å²) in [6.45, 7) is 3.39. The van der Waals surface area contributed by atoms with E-state index in [1.807, 2.05) is 59.5 Å². The summed E-state index contributed by atoms with van der Waals surface area (Å²) < 4.78 is 10.8. The fourth-order valence-corrected chi connectivity index (χ4v) is 3.36. The molecule has 0 unspecified atom stereocenters. The number of nitrogens with zero attached hydrogens (tertiary/aromatic N) is 3. The van der Waals surface area contributed by atoms with Crippen molar-refractivity contribution in [3.05, 3.63) is 60.2 Å². The quantitative estimate of drug-likeness (QED) is 0.502. The Balaban J connectivity index is 1.59. The van der Waals surface area contributed by atoms with Gasteiger partial charge < -0.3 is 14.1 Å². The van der Waals surface area contributed by atoms with E-state index in [4.69, 9.17) is 9.15 Å². The SMILES string of the molecule is CCCN(Cc1ccccc1)C(=O)CSc1nnc(-c2ccc(OC)cc2)o1. The zero-order valence-corrected chi connectivity index (χ0v) is 16.8. The largest absolute Gasteiger partial charge is 0.497 e. The summed E-state index contributed by atoms with van der Waals surface area (Å²) >= 11 is 1.26. The normalized spacial score (nSPS) is 10.6.